The molecule has 1 spiro atoms. The molecule has 1 heterocycles. The Balaban J connectivity index is 1.53. The summed E-state index contributed by atoms with van der Waals surface area (Å²) < 4.78 is 5.88. The average Bonchev–Trinajstić information content (AvgIpc) is 2.60. The monoisotopic (exact) mass is 337 g/mol. The molecule has 0 bridgehead atoms. The lowest BCUT2D eigenvalue weighted by Crippen LogP contribution is -2.67. The van der Waals surface area contributed by atoms with Crippen molar-refractivity contribution in [3.63, 3.8) is 0 Å². The molecule has 1 aromatic carbocycles. The van der Waals surface area contributed by atoms with Crippen LogP contribution in [0.5, 0.6) is 0 Å². The molecule has 1 amide bonds. The number of nitrogens with one attached hydrogen (secondary N) is 1. The van der Waals surface area contributed by atoms with Crippen LogP contribution in [0, 0.1) is 5.41 Å². The molecule has 25 heavy (non-hydrogen) atoms. The molecule has 2 saturated carbocycles. The number of nitrogens with zero attached hydrogens (tertiary/aromatic N) is 2. The molecule has 1 N–H and O–H groups in total. The Labute approximate surface area is 147 Å². The first-order chi connectivity index (χ1) is 12.2. The van der Waals surface area contributed by atoms with Gasteiger partial charge < -0.3 is 10.1 Å². The molecule has 2 aliphatic carbocycles. The van der Waals surface area contributed by atoms with Crippen molar-refractivity contribution in [3.05, 3.63) is 48.5 Å². The maximum absolute atomic E-state index is 12.9. The predicted molar refractivity (Wildman–Crippen MR) is 95.0 cm³/mol. The highest BCUT2D eigenvalue weighted by Crippen LogP contribution is 2.57. The first kappa shape index (κ1) is 16.2. The summed E-state index contributed by atoms with van der Waals surface area (Å²) in [5, 5.41) is 3.26. The Morgan fingerprint density at radius 1 is 1.28 bits per heavy atom. The molecule has 2 atom stereocenters. The molecular weight excluding hydrogens is 314 g/mol. The number of hydrogen-bond acceptors (Lipinski definition) is 4. The first-order valence-electron chi connectivity index (χ1n) is 9.01. The molecule has 0 saturated heterocycles. The molecule has 1 aromatic heterocycles. The minimum absolute atomic E-state index is 0.0225. The van der Waals surface area contributed by atoms with E-state index in [9.17, 15) is 4.79 Å². The number of benzene rings is 1. The lowest BCUT2D eigenvalue weighted by Gasteiger charge is -2.61. The number of amides is 1. The van der Waals surface area contributed by atoms with Crippen LogP contribution in [0.15, 0.2) is 43.0 Å². The highest BCUT2D eigenvalue weighted by Gasteiger charge is 2.59. The van der Waals surface area contributed by atoms with Gasteiger partial charge in [-0.15, -0.1) is 0 Å². The fourth-order valence-electron chi connectivity index (χ4n) is 4.25. The lowest BCUT2D eigenvalue weighted by molar-refractivity contribution is -0.169. The lowest BCUT2D eigenvalue weighted by atomic mass is 9.51. The van der Waals surface area contributed by atoms with Crippen LogP contribution < -0.4 is 5.32 Å². The Morgan fingerprint density at radius 2 is 2.04 bits per heavy atom. The van der Waals surface area contributed by atoms with Crippen LogP contribution in [0.4, 0.5) is 0 Å². The minimum atomic E-state index is -0.0225. The van der Waals surface area contributed by atoms with E-state index in [1.54, 1.807) is 12.4 Å². The van der Waals surface area contributed by atoms with E-state index in [-0.39, 0.29) is 17.4 Å². The van der Waals surface area contributed by atoms with Crippen LogP contribution in [0.2, 0.25) is 0 Å². The number of hydrogen-bond donors (Lipinski definition) is 1. The van der Waals surface area contributed by atoms with E-state index in [0.717, 1.165) is 37.0 Å². The summed E-state index contributed by atoms with van der Waals surface area (Å²) in [6, 6.07) is 7.84. The van der Waals surface area contributed by atoms with Gasteiger partial charge in [0.05, 0.1) is 6.10 Å². The largest absolute Gasteiger partial charge is 0.378 e. The maximum atomic E-state index is 12.9. The second kappa shape index (κ2) is 6.56. The average molecular weight is 337 g/mol. The third kappa shape index (κ3) is 2.72. The molecule has 0 radical (unpaired) electrons. The first-order valence-corrected chi connectivity index (χ1v) is 9.01. The zero-order valence-electron chi connectivity index (χ0n) is 14.4. The molecule has 5 nitrogen and oxygen atoms in total. The molecule has 4 rings (SSSR count). The van der Waals surface area contributed by atoms with Gasteiger partial charge in [-0.05, 0) is 37.8 Å². The Hall–Kier alpha value is -2.27. The van der Waals surface area contributed by atoms with Crippen molar-refractivity contribution in [1.82, 2.24) is 15.3 Å². The third-order valence-corrected chi connectivity index (χ3v) is 5.79. The maximum Gasteiger partial charge on any atom is 0.252 e. The quantitative estimate of drug-likeness (QED) is 0.910. The zero-order valence-corrected chi connectivity index (χ0v) is 14.4. The van der Waals surface area contributed by atoms with Crippen LogP contribution in [0.1, 0.15) is 43.0 Å². The van der Waals surface area contributed by atoms with E-state index in [1.807, 2.05) is 31.2 Å². The highest BCUT2D eigenvalue weighted by molar-refractivity contribution is 6.01. The molecule has 0 unspecified atom stereocenters. The molecule has 0 aliphatic heterocycles. The van der Waals surface area contributed by atoms with E-state index in [2.05, 4.69) is 15.3 Å². The summed E-state index contributed by atoms with van der Waals surface area (Å²) in [5.74, 6) is -0.0225. The molecule has 5 heteroatoms. The van der Waals surface area contributed by atoms with Gasteiger partial charge in [0.1, 0.15) is 6.33 Å². The fourth-order valence-corrected chi connectivity index (χ4v) is 4.25. The van der Waals surface area contributed by atoms with Crippen LogP contribution in [-0.4, -0.2) is 34.6 Å². The van der Waals surface area contributed by atoms with Crippen LogP contribution in [0.25, 0.3) is 11.1 Å². The van der Waals surface area contributed by atoms with Gasteiger partial charge >= 0.3 is 0 Å². The summed E-state index contributed by atoms with van der Waals surface area (Å²) in [6.45, 7) is 2.78. The number of aromatic nitrogens is 2. The van der Waals surface area contributed by atoms with Gasteiger partial charge in [-0.2, -0.15) is 0 Å². The van der Waals surface area contributed by atoms with Crippen molar-refractivity contribution in [2.75, 3.05) is 6.61 Å². The standard InChI is InChI=1S/C20H23N3O2/c1-2-25-18-10-17(20(18)8-5-9-20)23-19(24)16-7-4-3-6-15(16)14-11-21-13-22-12-14/h3-4,6-7,11-13,17-18H,2,5,8-10H2,1H3,(H,23,24)/t17-,18-/m1/s1. The Bertz CT molecular complexity index is 759. The summed E-state index contributed by atoms with van der Waals surface area (Å²) >= 11 is 0. The highest BCUT2D eigenvalue weighted by atomic mass is 16.5. The predicted octanol–water partition coefficient (Wildman–Crippen LogP) is 3.22. The Morgan fingerprint density at radius 3 is 2.72 bits per heavy atom. The summed E-state index contributed by atoms with van der Waals surface area (Å²) in [4.78, 5) is 21.1. The van der Waals surface area contributed by atoms with Crippen molar-refractivity contribution in [2.24, 2.45) is 5.41 Å². The number of ether oxygens (including phenoxy) is 1. The summed E-state index contributed by atoms with van der Waals surface area (Å²) in [7, 11) is 0. The second-order valence-corrected chi connectivity index (χ2v) is 6.97. The van der Waals surface area contributed by atoms with Crippen molar-refractivity contribution >= 4 is 5.91 Å². The smallest absolute Gasteiger partial charge is 0.252 e. The van der Waals surface area contributed by atoms with Gasteiger partial charge in [-0.25, -0.2) is 9.97 Å². The number of carbonyl (C=O) groups excluding carboxylic acids is 1. The van der Waals surface area contributed by atoms with Crippen molar-refractivity contribution in [1.29, 1.82) is 0 Å². The van der Waals surface area contributed by atoms with Crippen LogP contribution in [0.3, 0.4) is 0 Å². The van der Waals surface area contributed by atoms with Gasteiger partial charge in [0, 0.05) is 41.6 Å². The number of rotatable bonds is 5. The normalized spacial score (nSPS) is 23.6. The van der Waals surface area contributed by atoms with Crippen LogP contribution >= 0.6 is 0 Å². The SMILES string of the molecule is CCO[C@@H]1C[C@@H](NC(=O)c2ccccc2-c2cncnc2)C12CCC2. The van der Waals surface area contributed by atoms with E-state index in [4.69, 9.17) is 4.74 Å². The third-order valence-electron chi connectivity index (χ3n) is 5.79. The number of carbonyl (C=O) groups is 1. The van der Waals surface area contributed by atoms with E-state index >= 15 is 0 Å². The van der Waals surface area contributed by atoms with Gasteiger partial charge in [0.15, 0.2) is 0 Å². The molecule has 2 aliphatic rings. The van der Waals surface area contributed by atoms with Crippen molar-refractivity contribution in [3.8, 4) is 11.1 Å². The fraction of sp³-hybridized carbons (Fsp3) is 0.450. The van der Waals surface area contributed by atoms with E-state index in [0.29, 0.717) is 11.7 Å². The van der Waals surface area contributed by atoms with E-state index in [1.165, 1.54) is 12.7 Å². The minimum Gasteiger partial charge on any atom is -0.378 e. The molecule has 130 valence electrons. The van der Waals surface area contributed by atoms with E-state index < -0.39 is 0 Å². The van der Waals surface area contributed by atoms with Crippen molar-refractivity contribution < 1.29 is 9.53 Å². The Kier molecular flexibility index (Phi) is 4.25. The topological polar surface area (TPSA) is 64.1 Å². The zero-order chi connectivity index (χ0) is 17.3. The molecule has 2 fully saturated rings. The van der Waals surface area contributed by atoms with Crippen LogP contribution in [-0.2, 0) is 4.74 Å². The van der Waals surface area contributed by atoms with Crippen molar-refractivity contribution in [2.45, 2.75) is 44.8 Å². The van der Waals surface area contributed by atoms with Gasteiger partial charge in [0.25, 0.3) is 5.91 Å². The van der Waals surface area contributed by atoms with Gasteiger partial charge in [-0.3, -0.25) is 4.79 Å². The van der Waals surface area contributed by atoms with Gasteiger partial charge in [-0.1, -0.05) is 24.6 Å². The molecule has 2 aromatic rings. The second-order valence-electron chi connectivity index (χ2n) is 6.97. The summed E-state index contributed by atoms with van der Waals surface area (Å²) in [6.07, 6.45) is 9.71. The molecular formula is C20H23N3O2. The summed E-state index contributed by atoms with van der Waals surface area (Å²) in [5.41, 5.74) is 2.55. The van der Waals surface area contributed by atoms with Gasteiger partial charge in [0.2, 0.25) is 0 Å².